The smallest absolute Gasteiger partial charge is 0.341 e. The zero-order chi connectivity index (χ0) is 16.3. The van der Waals surface area contributed by atoms with Gasteiger partial charge in [-0.25, -0.2) is 4.79 Å². The van der Waals surface area contributed by atoms with Crippen molar-refractivity contribution in [3.63, 3.8) is 0 Å². The minimum atomic E-state index is -1.01. The molecule has 120 valence electrons. The van der Waals surface area contributed by atoms with Gasteiger partial charge in [0.2, 0.25) is 0 Å². The van der Waals surface area contributed by atoms with Crippen LogP contribution in [0.15, 0.2) is 12.1 Å². The lowest BCUT2D eigenvalue weighted by atomic mass is 9.98. The van der Waals surface area contributed by atoms with Gasteiger partial charge in [-0.2, -0.15) is 0 Å². The summed E-state index contributed by atoms with van der Waals surface area (Å²) < 4.78 is 5.30. The number of aliphatic carboxylic acids is 1. The van der Waals surface area contributed by atoms with E-state index in [0.717, 1.165) is 37.1 Å². The number of rotatable bonds is 4. The van der Waals surface area contributed by atoms with E-state index in [4.69, 9.17) is 9.84 Å². The van der Waals surface area contributed by atoms with Gasteiger partial charge in [0.05, 0.1) is 0 Å². The quantitative estimate of drug-likeness (QED) is 0.928. The maximum atomic E-state index is 12.6. The second kappa shape index (κ2) is 6.81. The molecule has 0 atom stereocenters. The molecule has 0 saturated carbocycles. The molecule has 0 radical (unpaired) electrons. The number of hydrogen-bond acceptors (Lipinski definition) is 3. The zero-order valence-electron chi connectivity index (χ0n) is 13.4. The number of ether oxygens (including phenoxy) is 1. The predicted molar refractivity (Wildman–Crippen MR) is 83.3 cm³/mol. The summed E-state index contributed by atoms with van der Waals surface area (Å²) in [6, 6.07) is 3.56. The summed E-state index contributed by atoms with van der Waals surface area (Å²) in [6.45, 7) is 7.10. The summed E-state index contributed by atoms with van der Waals surface area (Å²) in [5.41, 5.74) is 2.22. The molecule has 0 spiro atoms. The first-order chi connectivity index (χ1) is 10.4. The van der Waals surface area contributed by atoms with Crippen LogP contribution in [0.25, 0.3) is 0 Å². The maximum absolute atomic E-state index is 12.6. The monoisotopic (exact) mass is 305 g/mol. The fourth-order valence-corrected chi connectivity index (χ4v) is 2.83. The van der Waals surface area contributed by atoms with Gasteiger partial charge in [-0.3, -0.25) is 4.79 Å². The molecule has 5 nitrogen and oxygen atoms in total. The molecule has 1 saturated heterocycles. The second-order valence-electron chi connectivity index (χ2n) is 6.10. The number of benzene rings is 1. The summed E-state index contributed by atoms with van der Waals surface area (Å²) in [7, 11) is 0. The molecule has 1 heterocycles. The van der Waals surface area contributed by atoms with Crippen LogP contribution in [0.1, 0.15) is 41.3 Å². The number of nitrogens with zero attached hydrogens (tertiary/aromatic N) is 1. The van der Waals surface area contributed by atoms with Crippen LogP contribution in [0.3, 0.4) is 0 Å². The topological polar surface area (TPSA) is 66.8 Å². The van der Waals surface area contributed by atoms with Gasteiger partial charge in [-0.1, -0.05) is 6.92 Å². The summed E-state index contributed by atoms with van der Waals surface area (Å²) in [5, 5.41) is 8.71. The van der Waals surface area contributed by atoms with Crippen LogP contribution in [0, 0.1) is 19.8 Å². The first-order valence-corrected chi connectivity index (χ1v) is 7.63. The van der Waals surface area contributed by atoms with Crippen molar-refractivity contribution in [2.75, 3.05) is 19.7 Å². The molecular formula is C17H23NO4. The Balaban J connectivity index is 2.15. The fraction of sp³-hybridized carbons (Fsp3) is 0.529. The van der Waals surface area contributed by atoms with Crippen LogP contribution < -0.4 is 4.74 Å². The molecule has 1 amide bonds. The number of hydrogen-bond donors (Lipinski definition) is 1. The van der Waals surface area contributed by atoms with Crippen molar-refractivity contribution in [1.29, 1.82) is 0 Å². The molecule has 2 rings (SSSR count). The third-order valence-corrected chi connectivity index (χ3v) is 4.12. The van der Waals surface area contributed by atoms with E-state index in [1.165, 1.54) is 0 Å². The van der Waals surface area contributed by atoms with Crippen molar-refractivity contribution < 1.29 is 19.4 Å². The number of carbonyl (C=O) groups is 2. The minimum Gasteiger partial charge on any atom is -0.481 e. The molecule has 22 heavy (non-hydrogen) atoms. The Labute approximate surface area is 130 Å². The predicted octanol–water partition coefficient (Wildman–Crippen LogP) is 2.64. The van der Waals surface area contributed by atoms with Crippen LogP contribution in [0.5, 0.6) is 5.75 Å². The largest absolute Gasteiger partial charge is 0.481 e. The molecule has 1 aromatic rings. The zero-order valence-corrected chi connectivity index (χ0v) is 13.4. The van der Waals surface area contributed by atoms with E-state index in [0.29, 0.717) is 17.2 Å². The van der Waals surface area contributed by atoms with Gasteiger partial charge < -0.3 is 14.7 Å². The van der Waals surface area contributed by atoms with E-state index in [1.54, 1.807) is 12.1 Å². The number of aryl methyl sites for hydroxylation is 2. The highest BCUT2D eigenvalue weighted by atomic mass is 16.5. The first kappa shape index (κ1) is 16.3. The lowest BCUT2D eigenvalue weighted by Crippen LogP contribution is -2.38. The molecule has 0 aromatic heterocycles. The van der Waals surface area contributed by atoms with Crippen LogP contribution in [0.4, 0.5) is 0 Å². The molecule has 0 unspecified atom stereocenters. The van der Waals surface area contributed by atoms with E-state index in [9.17, 15) is 9.59 Å². The highest BCUT2D eigenvalue weighted by molar-refractivity contribution is 5.95. The average Bonchev–Trinajstić information content (AvgIpc) is 2.46. The van der Waals surface area contributed by atoms with Crippen LogP contribution in [-0.4, -0.2) is 41.6 Å². The normalized spacial score (nSPS) is 15.7. The van der Waals surface area contributed by atoms with Gasteiger partial charge >= 0.3 is 5.97 Å². The van der Waals surface area contributed by atoms with E-state index in [1.807, 2.05) is 18.7 Å². The lowest BCUT2D eigenvalue weighted by Gasteiger charge is -2.30. The van der Waals surface area contributed by atoms with Gasteiger partial charge in [-0.15, -0.1) is 0 Å². The lowest BCUT2D eigenvalue weighted by molar-refractivity contribution is -0.139. The third-order valence-electron chi connectivity index (χ3n) is 4.12. The van der Waals surface area contributed by atoms with Crippen molar-refractivity contribution >= 4 is 11.9 Å². The summed E-state index contributed by atoms with van der Waals surface area (Å²) in [5.74, 6) is 0.259. The van der Waals surface area contributed by atoms with E-state index < -0.39 is 5.97 Å². The highest BCUT2D eigenvalue weighted by Gasteiger charge is 2.22. The minimum absolute atomic E-state index is 0.0443. The summed E-state index contributed by atoms with van der Waals surface area (Å²) in [6.07, 6.45) is 2.09. The van der Waals surface area contributed by atoms with Gasteiger partial charge in [0.15, 0.2) is 6.61 Å². The van der Waals surface area contributed by atoms with Crippen LogP contribution in [0.2, 0.25) is 0 Å². The van der Waals surface area contributed by atoms with Gasteiger partial charge in [0.25, 0.3) is 5.91 Å². The molecule has 5 heteroatoms. The Kier molecular flexibility index (Phi) is 5.06. The molecule has 1 fully saturated rings. The van der Waals surface area contributed by atoms with Gasteiger partial charge in [0.1, 0.15) is 5.75 Å². The van der Waals surface area contributed by atoms with Gasteiger partial charge in [0, 0.05) is 18.7 Å². The number of carbonyl (C=O) groups excluding carboxylic acids is 1. The van der Waals surface area contributed by atoms with Crippen molar-refractivity contribution in [3.8, 4) is 5.75 Å². The number of piperidine rings is 1. The number of carboxylic acid groups (broad SMARTS) is 1. The fourth-order valence-electron chi connectivity index (χ4n) is 2.83. The molecule has 1 aromatic carbocycles. The Bertz CT molecular complexity index is 551. The SMILES string of the molecule is Cc1cc(C(=O)N2CCC(C)CC2)cc(C)c1OCC(=O)O. The molecule has 0 bridgehead atoms. The molecule has 1 aliphatic rings. The average molecular weight is 305 g/mol. The first-order valence-electron chi connectivity index (χ1n) is 7.63. The van der Waals surface area contributed by atoms with Crippen molar-refractivity contribution in [2.45, 2.75) is 33.6 Å². The molecular weight excluding hydrogens is 282 g/mol. The maximum Gasteiger partial charge on any atom is 0.341 e. The van der Waals surface area contributed by atoms with Crippen molar-refractivity contribution in [2.24, 2.45) is 5.92 Å². The molecule has 0 aliphatic carbocycles. The summed E-state index contributed by atoms with van der Waals surface area (Å²) >= 11 is 0. The van der Waals surface area contributed by atoms with Crippen LogP contribution in [-0.2, 0) is 4.79 Å². The van der Waals surface area contributed by atoms with Crippen LogP contribution >= 0.6 is 0 Å². The molecule has 1 aliphatic heterocycles. The van der Waals surface area contributed by atoms with E-state index in [2.05, 4.69) is 6.92 Å². The number of likely N-dealkylation sites (tertiary alicyclic amines) is 1. The Hall–Kier alpha value is -2.04. The van der Waals surface area contributed by atoms with Crippen molar-refractivity contribution in [3.05, 3.63) is 28.8 Å². The number of carboxylic acids is 1. The Morgan fingerprint density at radius 3 is 2.27 bits per heavy atom. The molecule has 1 N–H and O–H groups in total. The Morgan fingerprint density at radius 1 is 1.23 bits per heavy atom. The summed E-state index contributed by atoms with van der Waals surface area (Å²) in [4.78, 5) is 25.1. The van der Waals surface area contributed by atoms with Gasteiger partial charge in [-0.05, 0) is 55.9 Å². The standard InChI is InChI=1S/C17H23NO4/c1-11-4-6-18(7-5-11)17(21)14-8-12(2)16(13(3)9-14)22-10-15(19)20/h8-9,11H,4-7,10H2,1-3H3,(H,19,20). The van der Waals surface area contributed by atoms with Crippen molar-refractivity contribution in [1.82, 2.24) is 4.90 Å². The second-order valence-corrected chi connectivity index (χ2v) is 6.10. The van der Waals surface area contributed by atoms with E-state index >= 15 is 0 Å². The number of amides is 1. The highest BCUT2D eigenvalue weighted by Crippen LogP contribution is 2.26. The van der Waals surface area contributed by atoms with E-state index in [-0.39, 0.29) is 12.5 Å². The Morgan fingerprint density at radius 2 is 1.77 bits per heavy atom. The third kappa shape index (κ3) is 3.78.